The Kier molecular flexibility index (Phi) is 5.09. The smallest absolute Gasteiger partial charge is 0.266 e. The molecule has 4 nitrogen and oxygen atoms in total. The van der Waals surface area contributed by atoms with E-state index in [1.807, 2.05) is 36.6 Å². The maximum atomic E-state index is 13.0. The van der Waals surface area contributed by atoms with Crippen molar-refractivity contribution in [3.05, 3.63) is 65.3 Å². The van der Waals surface area contributed by atoms with E-state index in [-0.39, 0.29) is 11.7 Å². The topological polar surface area (TPSA) is 51.2 Å². The number of ether oxygens (including phenoxy) is 1. The SMILES string of the molecule is Cc1ccc(OC(C)C(=O)Nc2nc(-c3ccc(F)cc3)cs2)cc1. The van der Waals surface area contributed by atoms with Crippen LogP contribution in [0.2, 0.25) is 0 Å². The molecule has 3 aromatic rings. The Hall–Kier alpha value is -2.73. The number of thiazole rings is 1. The molecule has 0 bridgehead atoms. The van der Waals surface area contributed by atoms with Crippen LogP contribution < -0.4 is 10.1 Å². The van der Waals surface area contributed by atoms with Crippen molar-refractivity contribution in [1.82, 2.24) is 4.98 Å². The third kappa shape index (κ3) is 4.42. The Labute approximate surface area is 149 Å². The van der Waals surface area contributed by atoms with Gasteiger partial charge < -0.3 is 4.74 Å². The van der Waals surface area contributed by atoms with Gasteiger partial charge in [0.25, 0.3) is 5.91 Å². The van der Waals surface area contributed by atoms with E-state index in [0.717, 1.165) is 11.1 Å². The minimum Gasteiger partial charge on any atom is -0.481 e. The summed E-state index contributed by atoms with van der Waals surface area (Å²) in [6.07, 6.45) is -0.652. The third-order valence-corrected chi connectivity index (χ3v) is 4.34. The van der Waals surface area contributed by atoms with Crippen molar-refractivity contribution in [1.29, 1.82) is 0 Å². The molecule has 0 aliphatic rings. The molecule has 0 fully saturated rings. The largest absolute Gasteiger partial charge is 0.481 e. The first kappa shape index (κ1) is 17.1. The van der Waals surface area contributed by atoms with Gasteiger partial charge in [-0.05, 0) is 50.2 Å². The van der Waals surface area contributed by atoms with Crippen molar-refractivity contribution in [3.63, 3.8) is 0 Å². The van der Waals surface area contributed by atoms with E-state index in [9.17, 15) is 9.18 Å². The van der Waals surface area contributed by atoms with Crippen LogP contribution in [0.25, 0.3) is 11.3 Å². The zero-order valence-electron chi connectivity index (χ0n) is 13.8. The maximum absolute atomic E-state index is 13.0. The summed E-state index contributed by atoms with van der Waals surface area (Å²) in [5.74, 6) is 0.0644. The van der Waals surface area contributed by atoms with Gasteiger partial charge in [-0.1, -0.05) is 17.7 Å². The zero-order valence-corrected chi connectivity index (χ0v) is 14.6. The number of aromatic nitrogens is 1. The summed E-state index contributed by atoms with van der Waals surface area (Å²) in [6, 6.07) is 13.6. The van der Waals surface area contributed by atoms with Crippen molar-refractivity contribution in [2.24, 2.45) is 0 Å². The lowest BCUT2D eigenvalue weighted by atomic mass is 10.2. The van der Waals surface area contributed by atoms with Crippen molar-refractivity contribution in [3.8, 4) is 17.0 Å². The fraction of sp³-hybridized carbons (Fsp3) is 0.158. The Balaban J connectivity index is 1.62. The van der Waals surface area contributed by atoms with Gasteiger partial charge in [-0.3, -0.25) is 10.1 Å². The van der Waals surface area contributed by atoms with E-state index in [0.29, 0.717) is 16.6 Å². The number of benzene rings is 2. The average Bonchev–Trinajstić information content (AvgIpc) is 3.06. The lowest BCUT2D eigenvalue weighted by molar-refractivity contribution is -0.122. The van der Waals surface area contributed by atoms with E-state index in [4.69, 9.17) is 4.74 Å². The number of nitrogens with zero attached hydrogens (tertiary/aromatic N) is 1. The molecule has 1 heterocycles. The van der Waals surface area contributed by atoms with Gasteiger partial charge in [-0.25, -0.2) is 9.37 Å². The first-order valence-corrected chi connectivity index (χ1v) is 8.65. The van der Waals surface area contributed by atoms with Crippen LogP contribution in [0.3, 0.4) is 0 Å². The Morgan fingerprint density at radius 1 is 1.16 bits per heavy atom. The molecule has 1 aromatic heterocycles. The minimum absolute atomic E-state index is 0.277. The lowest BCUT2D eigenvalue weighted by Gasteiger charge is -2.13. The number of carbonyl (C=O) groups excluding carboxylic acids is 1. The highest BCUT2D eigenvalue weighted by atomic mass is 32.1. The van der Waals surface area contributed by atoms with E-state index >= 15 is 0 Å². The summed E-state index contributed by atoms with van der Waals surface area (Å²) in [6.45, 7) is 3.67. The molecule has 1 atom stereocenters. The summed E-state index contributed by atoms with van der Waals surface area (Å²) >= 11 is 1.31. The van der Waals surface area contributed by atoms with Crippen molar-refractivity contribution in [2.75, 3.05) is 5.32 Å². The number of hydrogen-bond donors (Lipinski definition) is 1. The number of hydrogen-bond acceptors (Lipinski definition) is 4. The molecule has 0 saturated carbocycles. The molecule has 0 aliphatic heterocycles. The second-order valence-electron chi connectivity index (χ2n) is 5.61. The van der Waals surface area contributed by atoms with Crippen molar-refractivity contribution >= 4 is 22.4 Å². The number of nitrogens with one attached hydrogen (secondary N) is 1. The summed E-state index contributed by atoms with van der Waals surface area (Å²) < 4.78 is 18.6. The normalized spacial score (nSPS) is 11.8. The first-order valence-electron chi connectivity index (χ1n) is 7.77. The predicted molar refractivity (Wildman–Crippen MR) is 97.4 cm³/mol. The molecule has 0 spiro atoms. The van der Waals surface area contributed by atoms with Gasteiger partial charge in [0.1, 0.15) is 11.6 Å². The van der Waals surface area contributed by atoms with E-state index in [2.05, 4.69) is 10.3 Å². The molecule has 6 heteroatoms. The molecule has 0 radical (unpaired) electrons. The second-order valence-corrected chi connectivity index (χ2v) is 6.47. The Morgan fingerprint density at radius 2 is 1.84 bits per heavy atom. The van der Waals surface area contributed by atoms with Crippen LogP contribution in [-0.4, -0.2) is 17.0 Å². The van der Waals surface area contributed by atoms with Crippen LogP contribution in [0.1, 0.15) is 12.5 Å². The maximum Gasteiger partial charge on any atom is 0.266 e. The molecule has 25 heavy (non-hydrogen) atoms. The predicted octanol–water partition coefficient (Wildman–Crippen LogP) is 4.66. The Bertz CT molecular complexity index is 860. The number of halogens is 1. The molecule has 0 aliphatic carbocycles. The van der Waals surface area contributed by atoms with Gasteiger partial charge in [0, 0.05) is 10.9 Å². The van der Waals surface area contributed by atoms with Gasteiger partial charge in [-0.15, -0.1) is 11.3 Å². The highest BCUT2D eigenvalue weighted by Crippen LogP contribution is 2.25. The molecule has 1 unspecified atom stereocenters. The molecule has 3 rings (SSSR count). The van der Waals surface area contributed by atoms with Crippen molar-refractivity contribution < 1.29 is 13.9 Å². The van der Waals surface area contributed by atoms with Gasteiger partial charge >= 0.3 is 0 Å². The number of rotatable bonds is 5. The highest BCUT2D eigenvalue weighted by Gasteiger charge is 2.16. The zero-order chi connectivity index (χ0) is 17.8. The number of anilines is 1. The molecule has 1 amide bonds. The van der Waals surface area contributed by atoms with Crippen LogP contribution in [0.15, 0.2) is 53.9 Å². The Morgan fingerprint density at radius 3 is 2.52 bits per heavy atom. The summed E-state index contributed by atoms with van der Waals surface area (Å²) in [7, 11) is 0. The number of amides is 1. The molecule has 128 valence electrons. The van der Waals surface area contributed by atoms with E-state index in [1.54, 1.807) is 19.1 Å². The summed E-state index contributed by atoms with van der Waals surface area (Å²) in [5, 5.41) is 5.03. The highest BCUT2D eigenvalue weighted by molar-refractivity contribution is 7.14. The van der Waals surface area contributed by atoms with Gasteiger partial charge in [0.2, 0.25) is 0 Å². The summed E-state index contributed by atoms with van der Waals surface area (Å²) in [4.78, 5) is 16.6. The van der Waals surface area contributed by atoms with Crippen LogP contribution >= 0.6 is 11.3 Å². The molecule has 0 saturated heterocycles. The minimum atomic E-state index is -0.652. The van der Waals surface area contributed by atoms with Gasteiger partial charge in [0.15, 0.2) is 11.2 Å². The molecular weight excluding hydrogens is 339 g/mol. The van der Waals surface area contributed by atoms with Crippen LogP contribution in [0.5, 0.6) is 5.75 Å². The fourth-order valence-electron chi connectivity index (χ4n) is 2.17. The van der Waals surface area contributed by atoms with E-state index < -0.39 is 6.10 Å². The quantitative estimate of drug-likeness (QED) is 0.723. The number of aryl methyl sites for hydroxylation is 1. The van der Waals surface area contributed by atoms with E-state index in [1.165, 1.54) is 23.5 Å². The van der Waals surface area contributed by atoms with Gasteiger partial charge in [0.05, 0.1) is 5.69 Å². The lowest BCUT2D eigenvalue weighted by Crippen LogP contribution is -2.30. The third-order valence-electron chi connectivity index (χ3n) is 3.58. The standard InChI is InChI=1S/C19H17FN2O2S/c1-12-3-9-16(10-4-12)24-13(2)18(23)22-19-21-17(11-25-19)14-5-7-15(20)8-6-14/h3-11,13H,1-2H3,(H,21,22,23). The first-order chi connectivity index (χ1) is 12.0. The van der Waals surface area contributed by atoms with Crippen LogP contribution in [0, 0.1) is 12.7 Å². The van der Waals surface area contributed by atoms with Crippen LogP contribution in [-0.2, 0) is 4.79 Å². The average molecular weight is 356 g/mol. The van der Waals surface area contributed by atoms with Crippen LogP contribution in [0.4, 0.5) is 9.52 Å². The molecular formula is C19H17FN2O2S. The fourth-order valence-corrected chi connectivity index (χ4v) is 2.89. The van der Waals surface area contributed by atoms with Gasteiger partial charge in [-0.2, -0.15) is 0 Å². The van der Waals surface area contributed by atoms with Crippen molar-refractivity contribution in [2.45, 2.75) is 20.0 Å². The summed E-state index contributed by atoms with van der Waals surface area (Å²) in [5.41, 5.74) is 2.61. The molecule has 2 aromatic carbocycles. The number of carbonyl (C=O) groups is 1. The monoisotopic (exact) mass is 356 g/mol. The second kappa shape index (κ2) is 7.44. The molecule has 1 N–H and O–H groups in total.